The van der Waals surface area contributed by atoms with E-state index in [1.807, 2.05) is 40.9 Å². The minimum atomic E-state index is -0.116. The van der Waals surface area contributed by atoms with Crippen molar-refractivity contribution in [1.29, 1.82) is 0 Å². The summed E-state index contributed by atoms with van der Waals surface area (Å²) in [6.45, 7) is 1.07. The molecule has 7 heteroatoms. The van der Waals surface area contributed by atoms with Crippen molar-refractivity contribution >= 4 is 22.7 Å². The maximum atomic E-state index is 12.9. The lowest BCUT2D eigenvalue weighted by atomic mass is 10.2. The Bertz CT molecular complexity index is 1140. The Kier molecular flexibility index (Phi) is 3.15. The van der Waals surface area contributed by atoms with Gasteiger partial charge in [0.05, 0.1) is 30.4 Å². The van der Waals surface area contributed by atoms with E-state index < -0.39 is 0 Å². The molecule has 26 heavy (non-hydrogen) atoms. The third kappa shape index (κ3) is 2.21. The highest BCUT2D eigenvalue weighted by Gasteiger charge is 2.26. The van der Waals surface area contributed by atoms with Gasteiger partial charge in [0, 0.05) is 25.0 Å². The lowest BCUT2D eigenvalue weighted by Gasteiger charge is -2.14. The zero-order valence-corrected chi connectivity index (χ0v) is 14.1. The van der Waals surface area contributed by atoms with Crippen molar-refractivity contribution in [2.45, 2.75) is 13.1 Å². The van der Waals surface area contributed by atoms with Crippen molar-refractivity contribution in [3.05, 3.63) is 65.7 Å². The molecule has 5 rings (SSSR count). The Balaban J connectivity index is 1.51. The number of fused-ring (bicyclic) bond motifs is 4. The highest BCUT2D eigenvalue weighted by atomic mass is 16.5. The number of benzene rings is 1. The van der Waals surface area contributed by atoms with Crippen molar-refractivity contribution in [3.8, 4) is 5.75 Å². The summed E-state index contributed by atoms with van der Waals surface area (Å²) in [5, 5.41) is 0. The second-order valence-corrected chi connectivity index (χ2v) is 6.22. The minimum absolute atomic E-state index is 0.116. The minimum Gasteiger partial charge on any atom is -0.497 e. The molecule has 0 saturated carbocycles. The van der Waals surface area contributed by atoms with Crippen LogP contribution in [0.2, 0.25) is 0 Å². The Morgan fingerprint density at radius 3 is 2.92 bits per heavy atom. The Hall–Kier alpha value is -3.48. The van der Waals surface area contributed by atoms with Gasteiger partial charge in [-0.3, -0.25) is 14.2 Å². The van der Waals surface area contributed by atoms with Gasteiger partial charge in [-0.05, 0) is 29.8 Å². The van der Waals surface area contributed by atoms with Crippen molar-refractivity contribution in [2.75, 3.05) is 7.11 Å². The van der Waals surface area contributed by atoms with E-state index >= 15 is 0 Å². The third-order valence-electron chi connectivity index (χ3n) is 4.67. The number of nitrogens with zero attached hydrogens (tertiary/aromatic N) is 5. The molecular weight excluding hydrogens is 330 g/mol. The van der Waals surface area contributed by atoms with Crippen LogP contribution in [0.25, 0.3) is 16.8 Å². The third-order valence-corrected chi connectivity index (χ3v) is 4.67. The first-order chi connectivity index (χ1) is 12.7. The molecule has 0 N–H and O–H groups in total. The molecule has 3 aromatic heterocycles. The van der Waals surface area contributed by atoms with Gasteiger partial charge < -0.3 is 9.64 Å². The number of aromatic nitrogens is 4. The van der Waals surface area contributed by atoms with Crippen LogP contribution in [0.15, 0.2) is 48.8 Å². The number of imidazole rings is 1. The SMILES string of the molecule is COc1ccc2c(c1)nc1nc(C(=O)N3Cc4cccnc4C3)ccn12. The zero-order valence-electron chi connectivity index (χ0n) is 14.1. The number of rotatable bonds is 2. The second-order valence-electron chi connectivity index (χ2n) is 6.22. The van der Waals surface area contributed by atoms with Crippen molar-refractivity contribution in [1.82, 2.24) is 24.3 Å². The van der Waals surface area contributed by atoms with E-state index in [-0.39, 0.29) is 5.91 Å². The molecule has 1 amide bonds. The van der Waals surface area contributed by atoms with Crippen LogP contribution in [0, 0.1) is 0 Å². The Morgan fingerprint density at radius 2 is 2.08 bits per heavy atom. The number of carbonyl (C=O) groups is 1. The fourth-order valence-corrected chi connectivity index (χ4v) is 3.33. The number of hydrogen-bond acceptors (Lipinski definition) is 5. The Labute approximate surface area is 148 Å². The average Bonchev–Trinajstić information content (AvgIpc) is 3.27. The quantitative estimate of drug-likeness (QED) is 0.558. The summed E-state index contributed by atoms with van der Waals surface area (Å²) in [6.07, 6.45) is 3.58. The van der Waals surface area contributed by atoms with Gasteiger partial charge in [-0.15, -0.1) is 0 Å². The largest absolute Gasteiger partial charge is 0.497 e. The first-order valence-corrected chi connectivity index (χ1v) is 8.28. The molecule has 0 radical (unpaired) electrons. The normalized spacial score (nSPS) is 13.3. The fraction of sp³-hybridized carbons (Fsp3) is 0.158. The van der Waals surface area contributed by atoms with Crippen LogP contribution in [0.5, 0.6) is 5.75 Å². The molecule has 0 fully saturated rings. The van der Waals surface area contributed by atoms with Gasteiger partial charge in [-0.2, -0.15) is 0 Å². The van der Waals surface area contributed by atoms with Crippen LogP contribution < -0.4 is 4.74 Å². The summed E-state index contributed by atoms with van der Waals surface area (Å²) in [5.74, 6) is 1.11. The van der Waals surface area contributed by atoms with Crippen molar-refractivity contribution < 1.29 is 9.53 Å². The predicted octanol–water partition coefficient (Wildman–Crippen LogP) is 2.44. The number of methoxy groups -OCH3 is 1. The molecular formula is C19H15N5O2. The van der Waals surface area contributed by atoms with Crippen LogP contribution in [0.3, 0.4) is 0 Å². The number of carbonyl (C=O) groups excluding carboxylic acids is 1. The maximum absolute atomic E-state index is 12.9. The van der Waals surface area contributed by atoms with Crippen LogP contribution in [0.1, 0.15) is 21.7 Å². The molecule has 4 heterocycles. The maximum Gasteiger partial charge on any atom is 0.273 e. The summed E-state index contributed by atoms with van der Waals surface area (Å²) in [6, 6.07) is 11.3. The summed E-state index contributed by atoms with van der Waals surface area (Å²) >= 11 is 0. The number of ether oxygens (including phenoxy) is 1. The second kappa shape index (κ2) is 5.52. The lowest BCUT2D eigenvalue weighted by molar-refractivity contribution is 0.0744. The van der Waals surface area contributed by atoms with Crippen LogP contribution in [0.4, 0.5) is 0 Å². The molecule has 0 unspecified atom stereocenters. The van der Waals surface area contributed by atoms with E-state index in [9.17, 15) is 4.79 Å². The van der Waals surface area contributed by atoms with Gasteiger partial charge >= 0.3 is 0 Å². The number of hydrogen-bond donors (Lipinski definition) is 0. The summed E-state index contributed by atoms with van der Waals surface area (Å²) in [7, 11) is 1.62. The van der Waals surface area contributed by atoms with Crippen molar-refractivity contribution in [2.24, 2.45) is 0 Å². The molecule has 0 bridgehead atoms. The van der Waals surface area contributed by atoms with E-state index in [0.717, 1.165) is 28.0 Å². The molecule has 1 aliphatic heterocycles. The molecule has 1 aromatic carbocycles. The fourth-order valence-electron chi connectivity index (χ4n) is 3.33. The Morgan fingerprint density at radius 1 is 1.15 bits per heavy atom. The van der Waals surface area contributed by atoms with Crippen LogP contribution >= 0.6 is 0 Å². The van der Waals surface area contributed by atoms with E-state index in [1.54, 1.807) is 24.3 Å². The van der Waals surface area contributed by atoms with Crippen LogP contribution in [-0.2, 0) is 13.1 Å². The molecule has 4 aromatic rings. The molecule has 0 saturated heterocycles. The van der Waals surface area contributed by atoms with Gasteiger partial charge in [-0.1, -0.05) is 6.07 Å². The molecule has 128 valence electrons. The molecule has 0 spiro atoms. The lowest BCUT2D eigenvalue weighted by Crippen LogP contribution is -2.26. The highest BCUT2D eigenvalue weighted by molar-refractivity contribution is 5.93. The monoisotopic (exact) mass is 345 g/mol. The van der Waals surface area contributed by atoms with E-state index in [0.29, 0.717) is 24.6 Å². The first-order valence-electron chi connectivity index (χ1n) is 8.28. The van der Waals surface area contributed by atoms with Crippen molar-refractivity contribution in [3.63, 3.8) is 0 Å². The zero-order chi connectivity index (χ0) is 17.7. The molecule has 7 nitrogen and oxygen atoms in total. The standard InChI is InChI=1S/C19H15N5O2/c1-26-13-4-5-17-15(9-13)22-19-21-14(6-8-24(17)19)18(25)23-10-12-3-2-7-20-16(12)11-23/h2-9H,10-11H2,1H3. The summed E-state index contributed by atoms with van der Waals surface area (Å²) < 4.78 is 7.11. The van der Waals surface area contributed by atoms with E-state index in [4.69, 9.17) is 4.74 Å². The molecule has 1 aliphatic rings. The van der Waals surface area contributed by atoms with E-state index in [2.05, 4.69) is 15.0 Å². The van der Waals surface area contributed by atoms with Gasteiger partial charge in [0.15, 0.2) is 0 Å². The van der Waals surface area contributed by atoms with Crippen LogP contribution in [-0.4, -0.2) is 37.3 Å². The van der Waals surface area contributed by atoms with Gasteiger partial charge in [-0.25, -0.2) is 9.97 Å². The predicted molar refractivity (Wildman–Crippen MR) is 94.9 cm³/mol. The topological polar surface area (TPSA) is 72.6 Å². The average molecular weight is 345 g/mol. The summed E-state index contributed by atoms with van der Waals surface area (Å²) in [4.78, 5) is 27.9. The smallest absolute Gasteiger partial charge is 0.273 e. The highest BCUT2D eigenvalue weighted by Crippen LogP contribution is 2.24. The van der Waals surface area contributed by atoms with Gasteiger partial charge in [0.1, 0.15) is 11.4 Å². The van der Waals surface area contributed by atoms with Gasteiger partial charge in [0.25, 0.3) is 5.91 Å². The van der Waals surface area contributed by atoms with Gasteiger partial charge in [0.2, 0.25) is 5.78 Å². The summed E-state index contributed by atoms with van der Waals surface area (Å²) in [5.41, 5.74) is 4.11. The number of pyridine rings is 1. The number of amides is 1. The molecule has 0 atom stereocenters. The first kappa shape index (κ1) is 14.8. The van der Waals surface area contributed by atoms with E-state index in [1.165, 1.54) is 0 Å². The molecule has 0 aliphatic carbocycles.